The van der Waals surface area contributed by atoms with E-state index < -0.39 is 17.9 Å². The highest BCUT2D eigenvalue weighted by Gasteiger charge is 2.25. The molecular weight excluding hydrogens is 356 g/mol. The highest BCUT2D eigenvalue weighted by Crippen LogP contribution is 2.21. The Labute approximate surface area is 163 Å². The lowest BCUT2D eigenvalue weighted by Crippen LogP contribution is -2.23. The third-order valence-electron chi connectivity index (χ3n) is 4.64. The van der Waals surface area contributed by atoms with E-state index in [2.05, 4.69) is 4.98 Å². The second-order valence-corrected chi connectivity index (χ2v) is 6.36. The monoisotopic (exact) mass is 378 g/mol. The first-order valence-electron chi connectivity index (χ1n) is 8.98. The number of methoxy groups -OCH3 is 1. The van der Waals surface area contributed by atoms with E-state index in [-0.39, 0.29) is 12.6 Å². The van der Waals surface area contributed by atoms with Crippen molar-refractivity contribution in [2.45, 2.75) is 18.9 Å². The Morgan fingerprint density at radius 2 is 1.61 bits per heavy atom. The molecule has 144 valence electrons. The van der Waals surface area contributed by atoms with Gasteiger partial charge in [-0.05, 0) is 18.1 Å². The summed E-state index contributed by atoms with van der Waals surface area (Å²) in [6, 6.07) is 18.8. The van der Waals surface area contributed by atoms with E-state index in [0.717, 1.165) is 11.1 Å². The van der Waals surface area contributed by atoms with Gasteiger partial charge in [-0.1, -0.05) is 60.7 Å². The van der Waals surface area contributed by atoms with Gasteiger partial charge in [-0.15, -0.1) is 0 Å². The summed E-state index contributed by atoms with van der Waals surface area (Å²) in [7, 11) is 1.32. The average Bonchev–Trinajstić information content (AvgIpc) is 3.24. The molecule has 0 aliphatic carbocycles. The maximum atomic E-state index is 12.7. The van der Waals surface area contributed by atoms with Gasteiger partial charge in [0.25, 0.3) is 0 Å². The Morgan fingerprint density at radius 1 is 1.00 bits per heavy atom. The summed E-state index contributed by atoms with van der Waals surface area (Å²) in [5.41, 5.74) is 2.10. The van der Waals surface area contributed by atoms with Crippen LogP contribution >= 0.6 is 0 Å². The lowest BCUT2D eigenvalue weighted by atomic mass is 10.0. The molecule has 0 amide bonds. The molecule has 3 aromatic rings. The fourth-order valence-corrected chi connectivity index (χ4v) is 3.02. The van der Waals surface area contributed by atoms with Crippen molar-refractivity contribution in [2.24, 2.45) is 0 Å². The minimum atomic E-state index is -0.682. The molecule has 0 fully saturated rings. The fourth-order valence-electron chi connectivity index (χ4n) is 3.02. The summed E-state index contributed by atoms with van der Waals surface area (Å²) < 4.78 is 12.1. The van der Waals surface area contributed by atoms with E-state index in [4.69, 9.17) is 9.47 Å². The quantitative estimate of drug-likeness (QED) is 0.588. The van der Waals surface area contributed by atoms with Gasteiger partial charge in [0, 0.05) is 0 Å². The first kappa shape index (κ1) is 19.4. The number of nitrogens with zero attached hydrogens (tertiary/aromatic N) is 2. The van der Waals surface area contributed by atoms with E-state index in [0.29, 0.717) is 5.69 Å². The van der Waals surface area contributed by atoms with Crippen LogP contribution in [0.1, 0.15) is 40.5 Å². The van der Waals surface area contributed by atoms with Crippen molar-refractivity contribution >= 4 is 11.9 Å². The molecule has 0 saturated heterocycles. The maximum Gasteiger partial charge on any atom is 0.356 e. The van der Waals surface area contributed by atoms with Gasteiger partial charge in [0.15, 0.2) is 0 Å². The third kappa shape index (κ3) is 4.28. The molecule has 0 spiro atoms. The second kappa shape index (κ2) is 8.99. The summed E-state index contributed by atoms with van der Waals surface area (Å²) in [5, 5.41) is 0. The first-order chi connectivity index (χ1) is 13.6. The smallest absolute Gasteiger partial charge is 0.356 e. The van der Waals surface area contributed by atoms with E-state index >= 15 is 0 Å². The number of benzene rings is 2. The van der Waals surface area contributed by atoms with Gasteiger partial charge in [0.1, 0.15) is 18.2 Å². The Balaban J connectivity index is 1.75. The van der Waals surface area contributed by atoms with Crippen LogP contribution in [0.5, 0.6) is 0 Å². The zero-order valence-electron chi connectivity index (χ0n) is 15.8. The van der Waals surface area contributed by atoms with Crippen LogP contribution in [-0.2, 0) is 14.3 Å². The predicted octanol–water partition coefficient (Wildman–Crippen LogP) is 3.61. The molecule has 6 heteroatoms. The minimum Gasteiger partial charge on any atom is -0.468 e. The first-order valence-corrected chi connectivity index (χ1v) is 8.98. The Morgan fingerprint density at radius 3 is 2.21 bits per heavy atom. The van der Waals surface area contributed by atoms with Crippen molar-refractivity contribution in [1.82, 2.24) is 9.55 Å². The number of hydrogen-bond acceptors (Lipinski definition) is 5. The van der Waals surface area contributed by atoms with Crippen molar-refractivity contribution < 1.29 is 19.1 Å². The molecule has 0 bridgehead atoms. The number of carbonyl (C=O) groups excluding carboxylic acids is 2. The van der Waals surface area contributed by atoms with Crippen molar-refractivity contribution in [2.75, 3.05) is 13.7 Å². The molecule has 2 aromatic carbocycles. The number of esters is 2. The van der Waals surface area contributed by atoms with Crippen molar-refractivity contribution in [3.8, 4) is 0 Å². The molecule has 0 radical (unpaired) electrons. The van der Waals surface area contributed by atoms with Crippen molar-refractivity contribution in [3.05, 3.63) is 90.0 Å². The molecule has 0 N–H and O–H groups in total. The van der Waals surface area contributed by atoms with E-state index in [1.807, 2.05) is 55.5 Å². The molecule has 3 rings (SSSR count). The van der Waals surface area contributed by atoms with Crippen LogP contribution < -0.4 is 0 Å². The van der Waals surface area contributed by atoms with Crippen LogP contribution in [-0.4, -0.2) is 35.2 Å². The van der Waals surface area contributed by atoms with Gasteiger partial charge in [-0.2, -0.15) is 0 Å². The van der Waals surface area contributed by atoms with Gasteiger partial charge in [0.2, 0.25) is 0 Å². The molecule has 0 aliphatic heterocycles. The lowest BCUT2D eigenvalue weighted by molar-refractivity contribution is -0.143. The number of ether oxygens (including phenoxy) is 2. The van der Waals surface area contributed by atoms with Crippen LogP contribution in [0.2, 0.25) is 0 Å². The number of imidazole rings is 1. The van der Waals surface area contributed by atoms with Crippen LogP contribution in [0.4, 0.5) is 0 Å². The van der Waals surface area contributed by atoms with Gasteiger partial charge in [0.05, 0.1) is 25.7 Å². The number of aromatic nitrogens is 2. The highest BCUT2D eigenvalue weighted by atomic mass is 16.5. The molecule has 1 heterocycles. The highest BCUT2D eigenvalue weighted by molar-refractivity contribution is 5.88. The van der Waals surface area contributed by atoms with Crippen molar-refractivity contribution in [3.63, 3.8) is 0 Å². The van der Waals surface area contributed by atoms with Crippen LogP contribution in [0.15, 0.2) is 73.2 Å². The largest absolute Gasteiger partial charge is 0.468 e. The van der Waals surface area contributed by atoms with E-state index in [9.17, 15) is 9.59 Å². The number of rotatable bonds is 7. The molecule has 28 heavy (non-hydrogen) atoms. The Hall–Kier alpha value is -3.41. The molecular formula is C22H22N2O4. The second-order valence-electron chi connectivity index (χ2n) is 6.36. The SMILES string of the molecule is COC(=O)C(COC(=O)c1cncn1[C@H](C)c1ccccc1)c1ccccc1. The summed E-state index contributed by atoms with van der Waals surface area (Å²) >= 11 is 0. The molecule has 0 saturated carbocycles. The molecule has 0 aliphatic rings. The zero-order valence-corrected chi connectivity index (χ0v) is 15.8. The average molecular weight is 378 g/mol. The van der Waals surface area contributed by atoms with Gasteiger partial charge in [-0.25, -0.2) is 9.78 Å². The third-order valence-corrected chi connectivity index (χ3v) is 4.64. The molecule has 1 aromatic heterocycles. The van der Waals surface area contributed by atoms with Crippen LogP contribution in [0.3, 0.4) is 0 Å². The predicted molar refractivity (Wildman–Crippen MR) is 104 cm³/mol. The van der Waals surface area contributed by atoms with E-state index in [1.54, 1.807) is 23.0 Å². The molecule has 2 atom stereocenters. The fraction of sp³-hybridized carbons (Fsp3) is 0.227. The van der Waals surface area contributed by atoms with Crippen LogP contribution in [0.25, 0.3) is 0 Å². The van der Waals surface area contributed by atoms with Gasteiger partial charge in [-0.3, -0.25) is 4.79 Å². The summed E-state index contributed by atoms with van der Waals surface area (Å²) in [6.45, 7) is 1.87. The Bertz CT molecular complexity index is 922. The molecule has 6 nitrogen and oxygen atoms in total. The summed E-state index contributed by atoms with van der Waals surface area (Å²) in [5.74, 6) is -1.67. The molecule has 1 unspecified atom stereocenters. The van der Waals surface area contributed by atoms with Gasteiger partial charge >= 0.3 is 11.9 Å². The summed E-state index contributed by atoms with van der Waals surface area (Å²) in [4.78, 5) is 28.9. The standard InChI is InChI=1S/C22H22N2O4/c1-16(17-9-5-3-6-10-17)24-15-23-13-20(24)22(26)28-14-19(21(25)27-2)18-11-7-4-8-12-18/h3-13,15-16,19H,14H2,1-2H3/t16-,19?/m1/s1. The summed E-state index contributed by atoms with van der Waals surface area (Å²) in [6.07, 6.45) is 3.07. The number of carbonyl (C=O) groups is 2. The maximum absolute atomic E-state index is 12.7. The zero-order chi connectivity index (χ0) is 19.9. The lowest BCUT2D eigenvalue weighted by Gasteiger charge is -2.18. The van der Waals surface area contributed by atoms with E-state index in [1.165, 1.54) is 13.3 Å². The topological polar surface area (TPSA) is 70.4 Å². The minimum absolute atomic E-state index is 0.0863. The van der Waals surface area contributed by atoms with Crippen LogP contribution in [0, 0.1) is 0 Å². The Kier molecular flexibility index (Phi) is 6.22. The van der Waals surface area contributed by atoms with Gasteiger partial charge < -0.3 is 14.0 Å². The van der Waals surface area contributed by atoms with Crippen molar-refractivity contribution in [1.29, 1.82) is 0 Å². The normalized spacial score (nSPS) is 12.8. The number of hydrogen-bond donors (Lipinski definition) is 0.